The molecule has 0 saturated heterocycles. The first-order valence-corrected chi connectivity index (χ1v) is 8.73. The molecule has 0 amide bonds. The summed E-state index contributed by atoms with van der Waals surface area (Å²) >= 11 is 3.03. The van der Waals surface area contributed by atoms with Crippen LogP contribution >= 0.6 is 22.7 Å². The molecule has 0 aliphatic heterocycles. The van der Waals surface area contributed by atoms with Crippen LogP contribution in [0.2, 0.25) is 0 Å². The monoisotopic (exact) mass is 328 g/mol. The lowest BCUT2D eigenvalue weighted by atomic mass is 9.99. The third-order valence-corrected chi connectivity index (χ3v) is 6.56. The third kappa shape index (κ3) is 2.53. The van der Waals surface area contributed by atoms with Crippen molar-refractivity contribution in [3.05, 3.63) is 56.8 Å². The third-order valence-electron chi connectivity index (χ3n) is 3.75. The highest BCUT2D eigenvalue weighted by atomic mass is 32.2. The van der Waals surface area contributed by atoms with Gasteiger partial charge >= 0.3 is 0 Å². The summed E-state index contributed by atoms with van der Waals surface area (Å²) in [5.41, 5.74) is 3.27. The molecular formula is C18H16O2S2. The average molecular weight is 328 g/mol. The van der Waals surface area contributed by atoms with Gasteiger partial charge in [-0.15, -0.1) is 22.7 Å². The second kappa shape index (κ2) is 5.78. The zero-order valence-corrected chi connectivity index (χ0v) is 14.4. The molecule has 0 spiro atoms. The van der Waals surface area contributed by atoms with E-state index in [1.165, 1.54) is 28.2 Å². The minimum Gasteiger partial charge on any atom is -0.294 e. The molecule has 3 rings (SSSR count). The molecule has 0 saturated carbocycles. The van der Waals surface area contributed by atoms with E-state index in [1.54, 1.807) is 13.8 Å². The van der Waals surface area contributed by atoms with E-state index in [2.05, 4.69) is 12.1 Å². The van der Waals surface area contributed by atoms with Gasteiger partial charge in [0, 0.05) is 5.39 Å². The highest BCUT2D eigenvalue weighted by Gasteiger charge is 2.22. The van der Waals surface area contributed by atoms with E-state index in [0.29, 0.717) is 0 Å². The Morgan fingerprint density at radius 2 is 1.55 bits per heavy atom. The van der Waals surface area contributed by atoms with Crippen LogP contribution in [0.1, 0.15) is 49.9 Å². The summed E-state index contributed by atoms with van der Waals surface area (Å²) < 4.78 is 1.08. The van der Waals surface area contributed by atoms with Gasteiger partial charge in [0.1, 0.15) is 0 Å². The smallest absolute Gasteiger partial charge is 0.170 e. The highest BCUT2D eigenvalue weighted by Crippen LogP contribution is 2.42. The number of carbonyl (C=O) groups excluding carboxylic acids is 2. The molecule has 0 fully saturated rings. The van der Waals surface area contributed by atoms with Crippen LogP contribution in [0.5, 0.6) is 0 Å². The molecule has 0 unspecified atom stereocenters. The van der Waals surface area contributed by atoms with E-state index in [0.717, 1.165) is 36.7 Å². The summed E-state index contributed by atoms with van der Waals surface area (Å²) in [4.78, 5) is 25.4. The highest BCUT2D eigenvalue weighted by molar-refractivity contribution is 7.40. The molecule has 2 aromatic heterocycles. The Morgan fingerprint density at radius 1 is 0.955 bits per heavy atom. The molecule has 0 aliphatic rings. The van der Waals surface area contributed by atoms with Crippen LogP contribution in [-0.4, -0.2) is 11.6 Å². The van der Waals surface area contributed by atoms with Gasteiger partial charge in [-0.25, -0.2) is 0 Å². The predicted octanol–water partition coefficient (Wildman–Crippen LogP) is 5.27. The van der Waals surface area contributed by atoms with Crippen molar-refractivity contribution in [2.75, 3.05) is 0 Å². The standard InChI is InChI=1S/C18H16O2S2/c1-10-15-14(9-13-7-5-4-6-8-13)17(12(3)20)22-18(15)21-16(10)11(2)19/h4-8H,9H2,1-3H3. The normalized spacial score (nSPS) is 11.0. The Hall–Kier alpha value is -1.78. The molecule has 22 heavy (non-hydrogen) atoms. The fourth-order valence-corrected chi connectivity index (χ4v) is 5.40. The van der Waals surface area contributed by atoms with E-state index in [9.17, 15) is 9.59 Å². The van der Waals surface area contributed by atoms with Gasteiger partial charge < -0.3 is 0 Å². The molecule has 4 heteroatoms. The predicted molar refractivity (Wildman–Crippen MR) is 93.7 cm³/mol. The van der Waals surface area contributed by atoms with Crippen molar-refractivity contribution in [1.82, 2.24) is 0 Å². The van der Waals surface area contributed by atoms with Gasteiger partial charge in [0.15, 0.2) is 11.6 Å². The Bertz CT molecular complexity index is 870. The maximum Gasteiger partial charge on any atom is 0.170 e. The van der Waals surface area contributed by atoms with Crippen LogP contribution in [0.3, 0.4) is 0 Å². The molecule has 0 N–H and O–H groups in total. The van der Waals surface area contributed by atoms with Gasteiger partial charge in [-0.1, -0.05) is 30.3 Å². The number of aryl methyl sites for hydroxylation is 1. The average Bonchev–Trinajstić information content (AvgIpc) is 2.98. The topological polar surface area (TPSA) is 34.1 Å². The Morgan fingerprint density at radius 3 is 2.14 bits per heavy atom. The first kappa shape index (κ1) is 15.1. The molecule has 0 bridgehead atoms. The number of thiophene rings is 2. The zero-order valence-electron chi connectivity index (χ0n) is 12.7. The van der Waals surface area contributed by atoms with E-state index in [-0.39, 0.29) is 11.6 Å². The number of hydrogen-bond acceptors (Lipinski definition) is 4. The number of hydrogen-bond donors (Lipinski definition) is 0. The Kier molecular flexibility index (Phi) is 3.98. The lowest BCUT2D eigenvalue weighted by Crippen LogP contribution is -1.97. The molecule has 112 valence electrons. The Labute approximate surface area is 137 Å². The maximum absolute atomic E-state index is 12.0. The summed E-state index contributed by atoms with van der Waals surface area (Å²) in [5, 5.41) is 1.11. The van der Waals surface area contributed by atoms with E-state index in [1.807, 2.05) is 25.1 Å². The van der Waals surface area contributed by atoms with Crippen LogP contribution in [0.25, 0.3) is 9.40 Å². The molecule has 2 nitrogen and oxygen atoms in total. The van der Waals surface area contributed by atoms with Crippen LogP contribution in [0.15, 0.2) is 30.3 Å². The molecule has 3 aromatic rings. The largest absolute Gasteiger partial charge is 0.294 e. The molecule has 1 aromatic carbocycles. The molecule has 0 atom stereocenters. The van der Waals surface area contributed by atoms with E-state index < -0.39 is 0 Å². The van der Waals surface area contributed by atoms with Crippen molar-refractivity contribution >= 4 is 43.6 Å². The fraction of sp³-hybridized carbons (Fsp3) is 0.222. The summed E-state index contributed by atoms with van der Waals surface area (Å²) in [5.74, 6) is 0.198. The number of fused-ring (bicyclic) bond motifs is 1. The lowest BCUT2D eigenvalue weighted by molar-refractivity contribution is 0.101. The molecule has 0 aliphatic carbocycles. The van der Waals surface area contributed by atoms with Crippen LogP contribution < -0.4 is 0 Å². The number of benzene rings is 1. The molecular weight excluding hydrogens is 312 g/mol. The van der Waals surface area contributed by atoms with Crippen molar-refractivity contribution < 1.29 is 9.59 Å². The number of Topliss-reactive ketones (excluding diaryl/α,β-unsaturated/α-hetero) is 2. The van der Waals surface area contributed by atoms with Crippen molar-refractivity contribution in [2.45, 2.75) is 27.2 Å². The summed E-state index contributed by atoms with van der Waals surface area (Å²) in [6.45, 7) is 5.21. The van der Waals surface area contributed by atoms with Crippen molar-refractivity contribution in [2.24, 2.45) is 0 Å². The van der Waals surface area contributed by atoms with Gasteiger partial charge in [0.25, 0.3) is 0 Å². The van der Waals surface area contributed by atoms with Crippen LogP contribution in [0, 0.1) is 6.92 Å². The van der Waals surface area contributed by atoms with Crippen molar-refractivity contribution in [3.8, 4) is 0 Å². The summed E-state index contributed by atoms with van der Waals surface area (Å²) in [6.07, 6.45) is 0.727. The van der Waals surface area contributed by atoms with Gasteiger partial charge in [0.2, 0.25) is 0 Å². The van der Waals surface area contributed by atoms with E-state index >= 15 is 0 Å². The van der Waals surface area contributed by atoms with Crippen LogP contribution in [-0.2, 0) is 6.42 Å². The minimum atomic E-state index is 0.0981. The quantitative estimate of drug-likeness (QED) is 0.612. The van der Waals surface area contributed by atoms with Gasteiger partial charge in [-0.05, 0) is 43.9 Å². The lowest BCUT2D eigenvalue weighted by Gasteiger charge is -2.04. The maximum atomic E-state index is 12.0. The second-order valence-corrected chi connectivity index (χ2v) is 7.70. The summed E-state index contributed by atoms with van der Waals surface area (Å²) in [7, 11) is 0. The van der Waals surface area contributed by atoms with Crippen molar-refractivity contribution in [3.63, 3.8) is 0 Å². The van der Waals surface area contributed by atoms with Crippen molar-refractivity contribution in [1.29, 1.82) is 0 Å². The second-order valence-electron chi connectivity index (χ2n) is 5.40. The summed E-state index contributed by atoms with van der Waals surface area (Å²) in [6, 6.07) is 10.1. The van der Waals surface area contributed by atoms with Gasteiger partial charge in [0.05, 0.1) is 13.8 Å². The first-order valence-electron chi connectivity index (χ1n) is 7.09. The van der Waals surface area contributed by atoms with Gasteiger partial charge in [-0.3, -0.25) is 9.59 Å². The number of ketones is 2. The minimum absolute atomic E-state index is 0.0981. The first-order chi connectivity index (χ1) is 10.5. The SMILES string of the molecule is CC(=O)c1sc2sc(C(C)=O)c(Cc3ccccc3)c2c1C. The Balaban J connectivity index is 2.22. The van der Waals surface area contributed by atoms with E-state index in [4.69, 9.17) is 0 Å². The number of carbonyl (C=O) groups is 2. The zero-order chi connectivity index (χ0) is 15.9. The molecule has 0 radical (unpaired) electrons. The fourth-order valence-electron chi connectivity index (χ4n) is 2.77. The molecule has 2 heterocycles. The van der Waals surface area contributed by atoms with Gasteiger partial charge in [-0.2, -0.15) is 0 Å². The van der Waals surface area contributed by atoms with Crippen LogP contribution in [0.4, 0.5) is 0 Å². The number of rotatable bonds is 4.